The van der Waals surface area contributed by atoms with Crippen LogP contribution >= 0.6 is 23.1 Å². The van der Waals surface area contributed by atoms with Crippen molar-refractivity contribution < 1.29 is 4.79 Å². The summed E-state index contributed by atoms with van der Waals surface area (Å²) >= 11 is 2.71. The summed E-state index contributed by atoms with van der Waals surface area (Å²) in [7, 11) is 0. The molecule has 0 aliphatic rings. The fourth-order valence-electron chi connectivity index (χ4n) is 3.49. The van der Waals surface area contributed by atoms with E-state index in [1.165, 1.54) is 28.7 Å². The van der Waals surface area contributed by atoms with E-state index in [4.69, 9.17) is 0 Å². The third-order valence-electron chi connectivity index (χ3n) is 5.16. The van der Waals surface area contributed by atoms with Crippen molar-refractivity contribution in [2.45, 2.75) is 37.5 Å². The highest BCUT2D eigenvalue weighted by atomic mass is 32.2. The zero-order valence-electron chi connectivity index (χ0n) is 17.9. The molecular weight excluding hydrogens is 438 g/mol. The second-order valence-corrected chi connectivity index (χ2v) is 9.55. The molecule has 2 heterocycles. The maximum Gasteiger partial charge on any atom is 0.272 e. The molecule has 1 N–H and O–H groups in total. The molecule has 164 valence electrons. The number of hydrogen-bond donors (Lipinski definition) is 1. The molecule has 0 unspecified atom stereocenters. The van der Waals surface area contributed by atoms with Gasteiger partial charge in [0, 0.05) is 6.04 Å². The van der Waals surface area contributed by atoms with Crippen LogP contribution in [-0.2, 0) is 17.8 Å². The minimum atomic E-state index is -0.0620. The molecule has 0 aliphatic carbocycles. The lowest BCUT2D eigenvalue weighted by atomic mass is 10.1. The van der Waals surface area contributed by atoms with Crippen LogP contribution in [-0.4, -0.2) is 27.3 Å². The van der Waals surface area contributed by atoms with Gasteiger partial charge in [-0.2, -0.15) is 0 Å². The van der Waals surface area contributed by atoms with E-state index in [-0.39, 0.29) is 23.3 Å². The van der Waals surface area contributed by atoms with Crippen LogP contribution < -0.4 is 10.9 Å². The number of nitrogens with zero attached hydrogens (tertiary/aromatic N) is 2. The monoisotopic (exact) mass is 463 g/mol. The summed E-state index contributed by atoms with van der Waals surface area (Å²) in [5, 5.41) is 5.51. The van der Waals surface area contributed by atoms with E-state index < -0.39 is 0 Å². The summed E-state index contributed by atoms with van der Waals surface area (Å²) in [5.74, 6) is 0.161. The summed E-state index contributed by atoms with van der Waals surface area (Å²) in [4.78, 5) is 30.3. The molecule has 4 rings (SSSR count). The molecule has 32 heavy (non-hydrogen) atoms. The lowest BCUT2D eigenvalue weighted by Gasteiger charge is -2.15. The number of thioether (sulfide) groups is 1. The standard InChI is InChI=1S/C25H25N3O2S2/c1-18(12-13-19-8-4-2-5-9-19)26-22(29)17-32-25-27-21-14-15-31-23(21)24(30)28(25)16-20-10-6-3-7-11-20/h2-11,14-15,18H,12-13,16-17H2,1H3,(H,26,29)/t18-/m0/s1. The lowest BCUT2D eigenvalue weighted by Crippen LogP contribution is -2.34. The largest absolute Gasteiger partial charge is 0.353 e. The summed E-state index contributed by atoms with van der Waals surface area (Å²) in [6.07, 6.45) is 1.79. The number of carbonyl (C=O) groups is 1. The van der Waals surface area contributed by atoms with Gasteiger partial charge < -0.3 is 5.32 Å². The van der Waals surface area contributed by atoms with Crippen molar-refractivity contribution in [3.8, 4) is 0 Å². The Hall–Kier alpha value is -2.90. The summed E-state index contributed by atoms with van der Waals surface area (Å²) in [5.41, 5.74) is 2.91. The lowest BCUT2D eigenvalue weighted by molar-refractivity contribution is -0.119. The Balaban J connectivity index is 1.42. The van der Waals surface area contributed by atoms with Gasteiger partial charge in [-0.1, -0.05) is 72.4 Å². The molecule has 0 saturated carbocycles. The molecule has 4 aromatic rings. The molecule has 0 bridgehead atoms. The van der Waals surface area contributed by atoms with Gasteiger partial charge in [0.2, 0.25) is 5.91 Å². The van der Waals surface area contributed by atoms with Crippen LogP contribution in [0.15, 0.2) is 82.1 Å². The van der Waals surface area contributed by atoms with Gasteiger partial charge in [-0.05, 0) is 42.3 Å². The van der Waals surface area contributed by atoms with Gasteiger partial charge in [0.05, 0.1) is 17.8 Å². The minimum Gasteiger partial charge on any atom is -0.353 e. The van der Waals surface area contributed by atoms with Crippen molar-refractivity contribution in [3.05, 3.63) is 93.6 Å². The van der Waals surface area contributed by atoms with Gasteiger partial charge in [0.15, 0.2) is 5.16 Å². The Morgan fingerprint density at radius 2 is 1.75 bits per heavy atom. The maximum absolute atomic E-state index is 13.1. The minimum absolute atomic E-state index is 0.0542. The van der Waals surface area contributed by atoms with Crippen LogP contribution in [0, 0.1) is 0 Å². The average molecular weight is 464 g/mol. The molecule has 2 aromatic heterocycles. The van der Waals surface area contributed by atoms with Gasteiger partial charge in [-0.25, -0.2) is 4.98 Å². The highest BCUT2D eigenvalue weighted by Crippen LogP contribution is 2.21. The van der Waals surface area contributed by atoms with E-state index in [1.807, 2.05) is 66.9 Å². The van der Waals surface area contributed by atoms with Crippen LogP contribution in [0.3, 0.4) is 0 Å². The highest BCUT2D eigenvalue weighted by molar-refractivity contribution is 7.99. The third kappa shape index (κ3) is 5.66. The van der Waals surface area contributed by atoms with E-state index in [1.54, 1.807) is 4.57 Å². The Bertz CT molecular complexity index is 1240. The Morgan fingerprint density at radius 1 is 1.06 bits per heavy atom. The molecular formula is C25H25N3O2S2. The zero-order chi connectivity index (χ0) is 22.3. The Labute approximate surface area is 195 Å². The summed E-state index contributed by atoms with van der Waals surface area (Å²) in [6.45, 7) is 2.45. The number of benzene rings is 2. The first-order valence-corrected chi connectivity index (χ1v) is 12.4. The Morgan fingerprint density at radius 3 is 2.47 bits per heavy atom. The van der Waals surface area contributed by atoms with E-state index >= 15 is 0 Å². The molecule has 1 atom stereocenters. The number of hydrogen-bond acceptors (Lipinski definition) is 5. The van der Waals surface area contributed by atoms with Crippen molar-refractivity contribution in [3.63, 3.8) is 0 Å². The second kappa shape index (κ2) is 10.6. The smallest absolute Gasteiger partial charge is 0.272 e. The van der Waals surface area contributed by atoms with Gasteiger partial charge in [0.1, 0.15) is 4.70 Å². The fraction of sp³-hybridized carbons (Fsp3) is 0.240. The third-order valence-corrected chi connectivity index (χ3v) is 7.03. The first-order chi connectivity index (χ1) is 15.6. The van der Waals surface area contributed by atoms with Crippen molar-refractivity contribution >= 4 is 39.2 Å². The first-order valence-electron chi connectivity index (χ1n) is 10.6. The van der Waals surface area contributed by atoms with Crippen molar-refractivity contribution in [1.29, 1.82) is 0 Å². The van der Waals surface area contributed by atoms with E-state index in [2.05, 4.69) is 22.4 Å². The fourth-order valence-corrected chi connectivity index (χ4v) is 5.07. The van der Waals surface area contributed by atoms with E-state index in [9.17, 15) is 9.59 Å². The highest BCUT2D eigenvalue weighted by Gasteiger charge is 2.15. The molecule has 1 amide bonds. The number of carbonyl (C=O) groups excluding carboxylic acids is 1. The normalized spacial score (nSPS) is 12.0. The van der Waals surface area contributed by atoms with Gasteiger partial charge >= 0.3 is 0 Å². The number of fused-ring (bicyclic) bond motifs is 1. The number of amides is 1. The second-order valence-electron chi connectivity index (χ2n) is 7.69. The molecule has 0 saturated heterocycles. The van der Waals surface area contributed by atoms with Crippen LogP contribution in [0.5, 0.6) is 0 Å². The van der Waals surface area contributed by atoms with Crippen LogP contribution in [0.1, 0.15) is 24.5 Å². The van der Waals surface area contributed by atoms with Crippen LogP contribution in [0.2, 0.25) is 0 Å². The molecule has 2 aromatic carbocycles. The van der Waals surface area contributed by atoms with Crippen molar-refractivity contribution in [2.24, 2.45) is 0 Å². The average Bonchev–Trinajstić information content (AvgIpc) is 3.29. The quantitative estimate of drug-likeness (QED) is 0.288. The number of aromatic nitrogens is 2. The number of thiophene rings is 1. The molecule has 0 spiro atoms. The van der Waals surface area contributed by atoms with Gasteiger partial charge in [0.25, 0.3) is 5.56 Å². The SMILES string of the molecule is C[C@@H](CCc1ccccc1)NC(=O)CSc1nc2ccsc2c(=O)n1Cc1ccccc1. The predicted molar refractivity (Wildman–Crippen MR) is 133 cm³/mol. The number of nitrogens with one attached hydrogen (secondary N) is 1. The first kappa shape index (κ1) is 22.3. The molecule has 0 aliphatic heterocycles. The molecule has 7 heteroatoms. The van der Waals surface area contributed by atoms with Crippen LogP contribution in [0.4, 0.5) is 0 Å². The van der Waals surface area contributed by atoms with Crippen LogP contribution in [0.25, 0.3) is 10.2 Å². The number of aryl methyl sites for hydroxylation is 1. The topological polar surface area (TPSA) is 64.0 Å². The van der Waals surface area contributed by atoms with E-state index in [0.29, 0.717) is 21.9 Å². The summed E-state index contributed by atoms with van der Waals surface area (Å²) < 4.78 is 2.31. The molecule has 0 radical (unpaired) electrons. The predicted octanol–water partition coefficient (Wildman–Crippen LogP) is 4.74. The maximum atomic E-state index is 13.1. The van der Waals surface area contributed by atoms with E-state index in [0.717, 1.165) is 18.4 Å². The number of rotatable bonds is 9. The van der Waals surface area contributed by atoms with Gasteiger partial charge in [-0.3, -0.25) is 14.2 Å². The zero-order valence-corrected chi connectivity index (χ0v) is 19.5. The molecule has 5 nitrogen and oxygen atoms in total. The molecule has 0 fully saturated rings. The Kier molecular flexibility index (Phi) is 7.39. The summed E-state index contributed by atoms with van der Waals surface area (Å²) in [6, 6.07) is 22.0. The van der Waals surface area contributed by atoms with Crippen molar-refractivity contribution in [1.82, 2.24) is 14.9 Å². The van der Waals surface area contributed by atoms with Gasteiger partial charge in [-0.15, -0.1) is 11.3 Å². The van der Waals surface area contributed by atoms with Crippen molar-refractivity contribution in [2.75, 3.05) is 5.75 Å².